The zero-order chi connectivity index (χ0) is 20.0. The van der Waals surface area contributed by atoms with E-state index in [0.29, 0.717) is 33.1 Å². The van der Waals surface area contributed by atoms with Crippen LogP contribution in [0.15, 0.2) is 12.1 Å². The monoisotopic (exact) mass is 427 g/mol. The van der Waals surface area contributed by atoms with Crippen LogP contribution >= 0.6 is 23.2 Å². The van der Waals surface area contributed by atoms with Gasteiger partial charge >= 0.3 is 11.9 Å². The summed E-state index contributed by atoms with van der Waals surface area (Å²) in [6.45, 7) is 2.69. The van der Waals surface area contributed by atoms with Gasteiger partial charge in [-0.1, -0.05) is 23.2 Å². The number of benzene rings is 1. The van der Waals surface area contributed by atoms with Gasteiger partial charge in [-0.05, 0) is 25.0 Å². The number of halogens is 2. The van der Waals surface area contributed by atoms with Gasteiger partial charge < -0.3 is 19.5 Å². The van der Waals surface area contributed by atoms with Crippen molar-refractivity contribution in [2.45, 2.75) is 51.2 Å². The zero-order valence-electron chi connectivity index (χ0n) is 15.3. The number of aromatic nitrogens is 2. The summed E-state index contributed by atoms with van der Waals surface area (Å²) in [4.78, 5) is 27.8. The molecule has 0 bridgehead atoms. The number of fused-ring (bicyclic) bond motifs is 1. The van der Waals surface area contributed by atoms with Crippen LogP contribution in [-0.2, 0) is 23.8 Å². The molecule has 2 aliphatic rings. The maximum absolute atomic E-state index is 11.7. The molecule has 150 valence electrons. The number of anilines is 1. The van der Waals surface area contributed by atoms with E-state index < -0.39 is 30.4 Å². The molecule has 0 spiro atoms. The molecule has 1 aliphatic heterocycles. The van der Waals surface area contributed by atoms with Crippen molar-refractivity contribution in [3.8, 4) is 0 Å². The van der Waals surface area contributed by atoms with Gasteiger partial charge in [0, 0.05) is 19.9 Å². The average Bonchev–Trinajstić information content (AvgIpc) is 3.26. The number of hydrogen-bond acceptors (Lipinski definition) is 7. The Hall–Kier alpha value is -2.03. The van der Waals surface area contributed by atoms with Crippen molar-refractivity contribution >= 4 is 52.1 Å². The summed E-state index contributed by atoms with van der Waals surface area (Å²) >= 11 is 12.4. The molecule has 2 heterocycles. The molecule has 1 aliphatic carbocycles. The highest BCUT2D eigenvalue weighted by atomic mass is 35.5. The summed E-state index contributed by atoms with van der Waals surface area (Å²) in [6, 6.07) is 3.68. The van der Waals surface area contributed by atoms with Crippen LogP contribution in [0.25, 0.3) is 11.0 Å². The van der Waals surface area contributed by atoms with E-state index in [1.54, 1.807) is 16.7 Å². The van der Waals surface area contributed by atoms with E-state index in [2.05, 4.69) is 10.3 Å². The summed E-state index contributed by atoms with van der Waals surface area (Å²) in [5.41, 5.74) is 1.29. The first-order chi connectivity index (χ1) is 13.3. The molecule has 28 heavy (non-hydrogen) atoms. The molecule has 2 fully saturated rings. The number of esters is 2. The lowest BCUT2D eigenvalue weighted by Gasteiger charge is -2.25. The van der Waals surface area contributed by atoms with E-state index in [-0.39, 0.29) is 6.61 Å². The van der Waals surface area contributed by atoms with E-state index in [9.17, 15) is 9.59 Å². The highest BCUT2D eigenvalue weighted by Crippen LogP contribution is 2.38. The molecule has 0 unspecified atom stereocenters. The van der Waals surface area contributed by atoms with Crippen LogP contribution < -0.4 is 5.32 Å². The fourth-order valence-electron chi connectivity index (χ4n) is 3.29. The molecule has 1 saturated heterocycles. The molecule has 2 aromatic rings. The maximum atomic E-state index is 11.7. The number of imidazole rings is 1. The lowest BCUT2D eigenvalue weighted by molar-refractivity contribution is -0.164. The summed E-state index contributed by atoms with van der Waals surface area (Å²) in [5, 5.41) is 4.11. The molecule has 1 aromatic heterocycles. The van der Waals surface area contributed by atoms with Gasteiger partial charge in [0.05, 0.1) is 27.7 Å². The molecular formula is C18H19Cl2N3O5. The van der Waals surface area contributed by atoms with Gasteiger partial charge in [0.2, 0.25) is 5.95 Å². The molecule has 0 amide bonds. The molecule has 3 atom stereocenters. The molecule has 4 rings (SSSR count). The first kappa shape index (κ1) is 19.3. The maximum Gasteiger partial charge on any atom is 0.303 e. The highest BCUT2D eigenvalue weighted by molar-refractivity contribution is 6.42. The second-order valence-electron chi connectivity index (χ2n) is 6.92. The van der Waals surface area contributed by atoms with Crippen LogP contribution in [-0.4, -0.2) is 46.3 Å². The average molecular weight is 428 g/mol. The van der Waals surface area contributed by atoms with Gasteiger partial charge in [-0.25, -0.2) is 4.98 Å². The minimum absolute atomic E-state index is 0.0893. The number of nitrogens with zero attached hydrogens (tertiary/aromatic N) is 2. The van der Waals surface area contributed by atoms with Gasteiger partial charge in [0.25, 0.3) is 0 Å². The van der Waals surface area contributed by atoms with Gasteiger partial charge in [-0.2, -0.15) is 0 Å². The molecule has 1 saturated carbocycles. The summed E-state index contributed by atoms with van der Waals surface area (Å²) in [7, 11) is 0. The third-order valence-electron chi connectivity index (χ3n) is 4.59. The summed E-state index contributed by atoms with van der Waals surface area (Å²) in [6.07, 6.45) is -0.204. The minimum atomic E-state index is -0.826. The van der Waals surface area contributed by atoms with Gasteiger partial charge in [-0.3, -0.25) is 14.2 Å². The SMILES string of the molecule is CC(=O)O[C@H]1[C@@H](OC(C)=O)CO[C@@H]1n1c(NC2CC2)nc2cc(Cl)c(Cl)cc21. The molecule has 1 N–H and O–H groups in total. The van der Waals surface area contributed by atoms with Crippen LogP contribution in [0.5, 0.6) is 0 Å². The second-order valence-corrected chi connectivity index (χ2v) is 7.74. The lowest BCUT2D eigenvalue weighted by Crippen LogP contribution is -2.36. The summed E-state index contributed by atoms with van der Waals surface area (Å²) < 4.78 is 18.4. The number of hydrogen-bond donors (Lipinski definition) is 1. The van der Waals surface area contributed by atoms with Crippen molar-refractivity contribution in [2.75, 3.05) is 11.9 Å². The van der Waals surface area contributed by atoms with Gasteiger partial charge in [0.15, 0.2) is 18.4 Å². The van der Waals surface area contributed by atoms with Crippen molar-refractivity contribution < 1.29 is 23.8 Å². The fraction of sp³-hybridized carbons (Fsp3) is 0.500. The van der Waals surface area contributed by atoms with Crippen LogP contribution in [0.1, 0.15) is 32.9 Å². The number of carbonyl (C=O) groups excluding carboxylic acids is 2. The molecule has 8 nitrogen and oxygen atoms in total. The lowest BCUT2D eigenvalue weighted by atomic mass is 10.2. The van der Waals surface area contributed by atoms with Crippen molar-refractivity contribution in [2.24, 2.45) is 0 Å². The standard InChI is InChI=1S/C18H19Cl2N3O5/c1-8(24)27-15-7-26-17(16(15)28-9(2)25)23-14-6-12(20)11(19)5-13(14)22-18(23)21-10-3-4-10/h5-6,10,15-17H,3-4,7H2,1-2H3,(H,21,22)/t15-,16-,17-/m0/s1. The Bertz CT molecular complexity index is 943. The zero-order valence-corrected chi connectivity index (χ0v) is 16.8. The van der Waals surface area contributed by atoms with Crippen LogP contribution in [0.2, 0.25) is 10.0 Å². The number of carbonyl (C=O) groups is 2. The Morgan fingerprint density at radius 3 is 2.50 bits per heavy atom. The normalized spacial score (nSPS) is 24.4. The summed E-state index contributed by atoms with van der Waals surface area (Å²) in [5.74, 6) is -0.422. The van der Waals surface area contributed by atoms with Crippen molar-refractivity contribution in [1.29, 1.82) is 0 Å². The Kier molecular flexibility index (Phi) is 5.11. The smallest absolute Gasteiger partial charge is 0.303 e. The van der Waals surface area contributed by atoms with Crippen molar-refractivity contribution in [3.63, 3.8) is 0 Å². The first-order valence-electron chi connectivity index (χ1n) is 8.93. The van der Waals surface area contributed by atoms with E-state index in [0.717, 1.165) is 12.8 Å². The first-order valence-corrected chi connectivity index (χ1v) is 9.68. The van der Waals surface area contributed by atoms with Crippen LogP contribution in [0, 0.1) is 0 Å². The Morgan fingerprint density at radius 1 is 1.18 bits per heavy atom. The van der Waals surface area contributed by atoms with E-state index in [1.165, 1.54) is 13.8 Å². The molecule has 0 radical (unpaired) electrons. The number of ether oxygens (including phenoxy) is 3. The molecule has 10 heteroatoms. The molecule has 1 aromatic carbocycles. The molecular weight excluding hydrogens is 409 g/mol. The number of rotatable bonds is 5. The van der Waals surface area contributed by atoms with Crippen molar-refractivity contribution in [1.82, 2.24) is 9.55 Å². The quantitative estimate of drug-likeness (QED) is 0.731. The van der Waals surface area contributed by atoms with E-state index in [4.69, 9.17) is 37.4 Å². The van der Waals surface area contributed by atoms with Crippen LogP contribution in [0.3, 0.4) is 0 Å². The third-order valence-corrected chi connectivity index (χ3v) is 5.32. The Labute approximate surface area is 171 Å². The number of nitrogens with one attached hydrogen (secondary N) is 1. The van der Waals surface area contributed by atoms with E-state index in [1.807, 2.05) is 0 Å². The second kappa shape index (κ2) is 7.42. The fourth-order valence-corrected chi connectivity index (χ4v) is 3.60. The Morgan fingerprint density at radius 2 is 1.86 bits per heavy atom. The van der Waals surface area contributed by atoms with Crippen molar-refractivity contribution in [3.05, 3.63) is 22.2 Å². The Balaban J connectivity index is 1.79. The minimum Gasteiger partial charge on any atom is -0.456 e. The van der Waals surface area contributed by atoms with Gasteiger partial charge in [0.1, 0.15) is 0 Å². The predicted molar refractivity (Wildman–Crippen MR) is 102 cm³/mol. The topological polar surface area (TPSA) is 91.7 Å². The van der Waals surface area contributed by atoms with E-state index >= 15 is 0 Å². The largest absolute Gasteiger partial charge is 0.456 e. The predicted octanol–water partition coefficient (Wildman–Crippen LogP) is 3.31. The third kappa shape index (κ3) is 3.76. The van der Waals surface area contributed by atoms with Gasteiger partial charge in [-0.15, -0.1) is 0 Å². The van der Waals surface area contributed by atoms with Crippen LogP contribution in [0.4, 0.5) is 5.95 Å². The highest BCUT2D eigenvalue weighted by Gasteiger charge is 2.45.